The van der Waals surface area contributed by atoms with Crippen molar-refractivity contribution in [2.75, 3.05) is 7.11 Å². The van der Waals surface area contributed by atoms with Gasteiger partial charge in [0.1, 0.15) is 5.75 Å². The van der Waals surface area contributed by atoms with Gasteiger partial charge in [0.25, 0.3) is 0 Å². The quantitative estimate of drug-likeness (QED) is 0.505. The Morgan fingerprint density at radius 2 is 1.87 bits per heavy atom. The second-order valence-electron chi connectivity index (χ2n) is 10.8. The van der Waals surface area contributed by atoms with Gasteiger partial charge in [-0.25, -0.2) is 0 Å². The molecule has 3 fully saturated rings. The van der Waals surface area contributed by atoms with Crippen LogP contribution in [-0.4, -0.2) is 19.4 Å². The molecule has 0 aromatic heterocycles. The SMILES string of the molecule is COc1ccc2c(c1)CC[C@@H]1[C@@H]2CC[C@]2(C)[C@@H](N=C[C@@H]3C[C@H]3c3ccccc3)CC[C@@H]12. The molecule has 4 aliphatic rings. The minimum absolute atomic E-state index is 0.402. The number of benzene rings is 2. The van der Waals surface area contributed by atoms with Crippen LogP contribution in [0.4, 0.5) is 0 Å². The first-order valence-corrected chi connectivity index (χ1v) is 12.4. The summed E-state index contributed by atoms with van der Waals surface area (Å²) in [5, 5.41) is 0. The fraction of sp³-hybridized carbons (Fsp3) is 0.552. The van der Waals surface area contributed by atoms with E-state index >= 15 is 0 Å². The molecule has 0 spiro atoms. The Bertz CT molecular complexity index is 981. The van der Waals surface area contributed by atoms with Crippen molar-refractivity contribution in [1.29, 1.82) is 0 Å². The molecule has 3 saturated carbocycles. The second-order valence-corrected chi connectivity index (χ2v) is 10.8. The van der Waals surface area contributed by atoms with Gasteiger partial charge in [-0.1, -0.05) is 43.3 Å². The van der Waals surface area contributed by atoms with Gasteiger partial charge in [-0.2, -0.15) is 0 Å². The summed E-state index contributed by atoms with van der Waals surface area (Å²) in [7, 11) is 1.78. The highest BCUT2D eigenvalue weighted by Gasteiger charge is 2.55. The predicted molar refractivity (Wildman–Crippen MR) is 127 cm³/mol. The Morgan fingerprint density at radius 1 is 1.00 bits per heavy atom. The number of nitrogens with zero attached hydrogens (tertiary/aromatic N) is 1. The molecule has 0 N–H and O–H groups in total. The first kappa shape index (κ1) is 19.6. The average molecular weight is 414 g/mol. The Hall–Kier alpha value is -2.09. The molecule has 0 radical (unpaired) electrons. The molecule has 0 heterocycles. The van der Waals surface area contributed by atoms with Crippen molar-refractivity contribution in [2.24, 2.45) is 28.2 Å². The van der Waals surface area contributed by atoms with E-state index in [1.165, 1.54) is 56.1 Å². The van der Waals surface area contributed by atoms with Crippen molar-refractivity contribution in [1.82, 2.24) is 0 Å². The molecule has 2 heteroatoms. The lowest BCUT2D eigenvalue weighted by Crippen LogP contribution is -2.43. The van der Waals surface area contributed by atoms with Crippen LogP contribution >= 0.6 is 0 Å². The summed E-state index contributed by atoms with van der Waals surface area (Å²) in [5.41, 5.74) is 5.05. The van der Waals surface area contributed by atoms with Crippen LogP contribution < -0.4 is 4.74 Å². The van der Waals surface area contributed by atoms with Gasteiger partial charge in [0.2, 0.25) is 0 Å². The van der Waals surface area contributed by atoms with E-state index in [0.717, 1.165) is 23.5 Å². The van der Waals surface area contributed by atoms with Gasteiger partial charge < -0.3 is 4.74 Å². The van der Waals surface area contributed by atoms with E-state index in [1.54, 1.807) is 12.7 Å². The summed E-state index contributed by atoms with van der Waals surface area (Å²) in [6, 6.07) is 18.4. The molecule has 0 unspecified atom stereocenters. The number of methoxy groups -OCH3 is 1. The Kier molecular flexibility index (Phi) is 4.74. The monoisotopic (exact) mass is 413 g/mol. The highest BCUT2D eigenvalue weighted by atomic mass is 16.5. The van der Waals surface area contributed by atoms with Crippen LogP contribution in [-0.2, 0) is 6.42 Å². The lowest BCUT2D eigenvalue weighted by molar-refractivity contribution is 0.0502. The van der Waals surface area contributed by atoms with Gasteiger partial charge >= 0.3 is 0 Å². The topological polar surface area (TPSA) is 21.6 Å². The number of ether oxygens (including phenoxy) is 1. The van der Waals surface area contributed by atoms with E-state index in [1.807, 2.05) is 0 Å². The number of hydrogen-bond donors (Lipinski definition) is 0. The van der Waals surface area contributed by atoms with Crippen molar-refractivity contribution in [3.05, 3.63) is 65.2 Å². The minimum atomic E-state index is 0.402. The zero-order valence-electron chi connectivity index (χ0n) is 19.0. The van der Waals surface area contributed by atoms with Gasteiger partial charge in [0.05, 0.1) is 13.2 Å². The van der Waals surface area contributed by atoms with Crippen LogP contribution in [0.2, 0.25) is 0 Å². The number of aryl methyl sites for hydroxylation is 1. The fourth-order valence-electron chi connectivity index (χ4n) is 7.58. The zero-order chi connectivity index (χ0) is 21.0. The van der Waals surface area contributed by atoms with E-state index in [2.05, 4.69) is 61.7 Å². The number of hydrogen-bond acceptors (Lipinski definition) is 2. The summed E-state index contributed by atoms with van der Waals surface area (Å²) in [6.45, 7) is 2.58. The summed E-state index contributed by atoms with van der Waals surface area (Å²) in [5.74, 6) is 4.82. The molecule has 6 rings (SSSR count). The van der Waals surface area contributed by atoms with Crippen LogP contribution in [0.15, 0.2) is 53.5 Å². The van der Waals surface area contributed by atoms with Gasteiger partial charge in [-0.3, -0.25) is 4.99 Å². The zero-order valence-corrected chi connectivity index (χ0v) is 19.0. The van der Waals surface area contributed by atoms with Gasteiger partial charge in [-0.05, 0) is 103 Å². The molecule has 2 nitrogen and oxygen atoms in total. The Morgan fingerprint density at radius 3 is 2.71 bits per heavy atom. The van der Waals surface area contributed by atoms with Crippen LogP contribution in [0.25, 0.3) is 0 Å². The highest BCUT2D eigenvalue weighted by Crippen LogP contribution is 2.61. The number of fused-ring (bicyclic) bond motifs is 5. The third kappa shape index (κ3) is 3.25. The van der Waals surface area contributed by atoms with Crippen molar-refractivity contribution < 1.29 is 4.74 Å². The van der Waals surface area contributed by atoms with Crippen LogP contribution in [0, 0.1) is 23.2 Å². The highest BCUT2D eigenvalue weighted by molar-refractivity contribution is 5.67. The third-order valence-corrected chi connectivity index (χ3v) is 9.41. The standard InChI is InChI=1S/C29H35NO/c1-29-15-14-24-23-11-9-22(31-2)16-20(23)8-10-25(24)27(29)12-13-28(29)30-18-21-17-26(21)19-6-4-3-5-7-19/h3-7,9,11,16,18,21,24-28H,8,10,12-15,17H2,1-2H3/t21-,24+,25+,26-,27-,28-,29-/m0/s1. The van der Waals surface area contributed by atoms with Crippen molar-refractivity contribution >= 4 is 6.21 Å². The maximum absolute atomic E-state index is 5.49. The molecular formula is C29H35NO. The molecule has 2 aromatic rings. The van der Waals surface area contributed by atoms with Gasteiger partial charge in [0.15, 0.2) is 0 Å². The summed E-state index contributed by atoms with van der Waals surface area (Å²) in [6.07, 6.45) is 11.5. The van der Waals surface area contributed by atoms with E-state index in [-0.39, 0.29) is 0 Å². The molecule has 0 saturated heterocycles. The van der Waals surface area contributed by atoms with Crippen LogP contribution in [0.5, 0.6) is 5.75 Å². The van der Waals surface area contributed by atoms with Crippen LogP contribution in [0.1, 0.15) is 74.0 Å². The maximum Gasteiger partial charge on any atom is 0.119 e. The molecule has 0 amide bonds. The van der Waals surface area contributed by atoms with E-state index < -0.39 is 0 Å². The Balaban J connectivity index is 1.17. The first-order chi connectivity index (χ1) is 15.2. The van der Waals surface area contributed by atoms with E-state index in [4.69, 9.17) is 9.73 Å². The van der Waals surface area contributed by atoms with Crippen molar-refractivity contribution in [3.63, 3.8) is 0 Å². The largest absolute Gasteiger partial charge is 0.497 e. The fourth-order valence-corrected chi connectivity index (χ4v) is 7.58. The van der Waals surface area contributed by atoms with Gasteiger partial charge in [-0.15, -0.1) is 0 Å². The molecule has 2 aromatic carbocycles. The molecule has 0 bridgehead atoms. The average Bonchev–Trinajstić information content (AvgIpc) is 3.51. The lowest BCUT2D eigenvalue weighted by atomic mass is 9.55. The molecule has 162 valence electrons. The summed E-state index contributed by atoms with van der Waals surface area (Å²) >= 11 is 0. The number of aliphatic imine (C=N–C) groups is 1. The van der Waals surface area contributed by atoms with Crippen molar-refractivity contribution in [2.45, 2.75) is 69.7 Å². The molecule has 7 atom stereocenters. The molecule has 4 aliphatic carbocycles. The Labute approximate surface area is 187 Å². The summed E-state index contributed by atoms with van der Waals surface area (Å²) < 4.78 is 5.49. The maximum atomic E-state index is 5.49. The molecule has 0 aliphatic heterocycles. The van der Waals surface area contributed by atoms with E-state index in [0.29, 0.717) is 23.3 Å². The molecule has 31 heavy (non-hydrogen) atoms. The van der Waals surface area contributed by atoms with E-state index in [9.17, 15) is 0 Å². The minimum Gasteiger partial charge on any atom is -0.497 e. The van der Waals surface area contributed by atoms with Crippen molar-refractivity contribution in [3.8, 4) is 5.75 Å². The molecular weight excluding hydrogens is 378 g/mol. The lowest BCUT2D eigenvalue weighted by Gasteiger charge is -2.50. The third-order valence-electron chi connectivity index (χ3n) is 9.41. The second kappa shape index (κ2) is 7.50. The predicted octanol–water partition coefficient (Wildman–Crippen LogP) is 6.79. The normalized spacial score (nSPS) is 38.4. The smallest absolute Gasteiger partial charge is 0.119 e. The summed E-state index contributed by atoms with van der Waals surface area (Å²) in [4.78, 5) is 5.28. The first-order valence-electron chi connectivity index (χ1n) is 12.4. The van der Waals surface area contributed by atoms with Crippen LogP contribution in [0.3, 0.4) is 0 Å². The van der Waals surface area contributed by atoms with Gasteiger partial charge in [0, 0.05) is 12.1 Å². The number of rotatable bonds is 4.